The highest BCUT2D eigenvalue weighted by Gasteiger charge is 2.24. The highest BCUT2D eigenvalue weighted by atomic mass is 32.2. The molecule has 0 aliphatic rings. The lowest BCUT2D eigenvalue weighted by Crippen LogP contribution is -2.32. The van der Waals surface area contributed by atoms with E-state index in [1.54, 1.807) is 9.69 Å². The molecular weight excluding hydrogens is 304 g/mol. The molecule has 0 spiro atoms. The molecule has 0 saturated carbocycles. The summed E-state index contributed by atoms with van der Waals surface area (Å²) in [5, 5.41) is 5.00. The van der Waals surface area contributed by atoms with E-state index < -0.39 is 10.0 Å². The summed E-state index contributed by atoms with van der Waals surface area (Å²) in [5.41, 5.74) is 0. The molecule has 0 atom stereocenters. The van der Waals surface area contributed by atoms with Gasteiger partial charge in [0.1, 0.15) is 0 Å². The molecule has 1 N–H and O–H groups in total. The van der Waals surface area contributed by atoms with Gasteiger partial charge in [-0.1, -0.05) is 33.6 Å². The molecule has 1 aromatic heterocycles. The van der Waals surface area contributed by atoms with Crippen LogP contribution in [0.2, 0.25) is 0 Å². The number of hydrogen-bond donors (Lipinski definition) is 1. The minimum Gasteiger partial charge on any atom is -0.312 e. The molecule has 1 aromatic rings. The lowest BCUT2D eigenvalue weighted by molar-refractivity contribution is 0.395. The van der Waals surface area contributed by atoms with Gasteiger partial charge in [0, 0.05) is 29.9 Å². The van der Waals surface area contributed by atoms with Crippen LogP contribution >= 0.6 is 11.3 Å². The Kier molecular flexibility index (Phi) is 8.48. The summed E-state index contributed by atoms with van der Waals surface area (Å²) in [4.78, 5) is 1.52. The maximum absolute atomic E-state index is 12.7. The average Bonchev–Trinajstić information content (AvgIpc) is 2.94. The zero-order valence-electron chi connectivity index (χ0n) is 13.4. The molecular formula is C15H28N2O2S2. The van der Waals surface area contributed by atoms with Crippen molar-refractivity contribution < 1.29 is 8.42 Å². The molecule has 1 rings (SSSR count). The molecule has 21 heavy (non-hydrogen) atoms. The number of rotatable bonds is 11. The van der Waals surface area contributed by atoms with Gasteiger partial charge < -0.3 is 5.32 Å². The quantitative estimate of drug-likeness (QED) is 0.675. The first-order chi connectivity index (χ1) is 10.1. The SMILES string of the molecule is CCCCN(CCCC)S(=O)(=O)c1csc(CNCC)c1. The van der Waals surface area contributed by atoms with Crippen LogP contribution in [0.1, 0.15) is 51.3 Å². The number of unbranched alkanes of at least 4 members (excludes halogenated alkanes) is 2. The first-order valence-electron chi connectivity index (χ1n) is 7.84. The average molecular weight is 333 g/mol. The second kappa shape index (κ2) is 9.56. The highest BCUT2D eigenvalue weighted by molar-refractivity contribution is 7.89. The summed E-state index contributed by atoms with van der Waals surface area (Å²) in [5.74, 6) is 0. The number of nitrogens with zero attached hydrogens (tertiary/aromatic N) is 1. The maximum Gasteiger partial charge on any atom is 0.243 e. The van der Waals surface area contributed by atoms with Crippen molar-refractivity contribution in [1.29, 1.82) is 0 Å². The van der Waals surface area contributed by atoms with Gasteiger partial charge in [0.15, 0.2) is 0 Å². The zero-order chi connectivity index (χ0) is 15.7. The van der Waals surface area contributed by atoms with Crippen molar-refractivity contribution in [2.24, 2.45) is 0 Å². The number of thiophene rings is 1. The topological polar surface area (TPSA) is 49.4 Å². The van der Waals surface area contributed by atoms with Gasteiger partial charge in [-0.3, -0.25) is 0 Å². The molecule has 1 heterocycles. The van der Waals surface area contributed by atoms with Gasteiger partial charge in [-0.25, -0.2) is 8.42 Å². The smallest absolute Gasteiger partial charge is 0.243 e. The number of hydrogen-bond acceptors (Lipinski definition) is 4. The van der Waals surface area contributed by atoms with E-state index in [4.69, 9.17) is 0 Å². The Morgan fingerprint density at radius 1 is 1.14 bits per heavy atom. The molecule has 0 saturated heterocycles. The number of nitrogens with one attached hydrogen (secondary N) is 1. The van der Waals surface area contributed by atoms with Crippen LogP contribution in [0.25, 0.3) is 0 Å². The molecule has 0 aliphatic carbocycles. The highest BCUT2D eigenvalue weighted by Crippen LogP contribution is 2.23. The summed E-state index contributed by atoms with van der Waals surface area (Å²) in [6.07, 6.45) is 3.84. The monoisotopic (exact) mass is 332 g/mol. The van der Waals surface area contributed by atoms with Crippen LogP contribution in [0.15, 0.2) is 16.3 Å². The third-order valence-electron chi connectivity index (χ3n) is 3.34. The molecule has 0 unspecified atom stereocenters. The minimum atomic E-state index is -3.33. The van der Waals surface area contributed by atoms with Crippen LogP contribution < -0.4 is 5.32 Å². The van der Waals surface area contributed by atoms with E-state index in [2.05, 4.69) is 19.2 Å². The molecule has 0 amide bonds. The lowest BCUT2D eigenvalue weighted by atomic mass is 10.3. The Balaban J connectivity index is 2.85. The van der Waals surface area contributed by atoms with Crippen molar-refractivity contribution in [3.63, 3.8) is 0 Å². The van der Waals surface area contributed by atoms with Crippen molar-refractivity contribution >= 4 is 21.4 Å². The van der Waals surface area contributed by atoms with Gasteiger partial charge in [0.25, 0.3) is 0 Å². The lowest BCUT2D eigenvalue weighted by Gasteiger charge is -2.21. The minimum absolute atomic E-state index is 0.451. The van der Waals surface area contributed by atoms with E-state index in [-0.39, 0.29) is 0 Å². The van der Waals surface area contributed by atoms with Crippen molar-refractivity contribution in [2.75, 3.05) is 19.6 Å². The third-order valence-corrected chi connectivity index (χ3v) is 6.30. The fourth-order valence-electron chi connectivity index (χ4n) is 2.01. The van der Waals surface area contributed by atoms with Gasteiger partial charge in [-0.2, -0.15) is 4.31 Å². The first-order valence-corrected chi connectivity index (χ1v) is 10.2. The molecule has 122 valence electrons. The second-order valence-corrected chi connectivity index (χ2v) is 8.07. The fraction of sp³-hybridized carbons (Fsp3) is 0.733. The van der Waals surface area contributed by atoms with Crippen LogP contribution in [-0.2, 0) is 16.6 Å². The molecule has 0 radical (unpaired) electrons. The van der Waals surface area contributed by atoms with E-state index >= 15 is 0 Å². The molecule has 0 bridgehead atoms. The second-order valence-electron chi connectivity index (χ2n) is 5.14. The van der Waals surface area contributed by atoms with Gasteiger partial charge in [0.05, 0.1) is 4.90 Å². The standard InChI is InChI=1S/C15H28N2O2S2/c1-4-7-9-17(10-8-5-2)21(18,19)15-11-14(20-13-15)12-16-6-3/h11,13,16H,4-10,12H2,1-3H3. The van der Waals surface area contributed by atoms with Crippen LogP contribution in [0.5, 0.6) is 0 Å². The summed E-state index contributed by atoms with van der Waals surface area (Å²) in [6.45, 7) is 9.09. The normalized spacial score (nSPS) is 12.2. The zero-order valence-corrected chi connectivity index (χ0v) is 15.0. The van der Waals surface area contributed by atoms with E-state index in [9.17, 15) is 8.42 Å². The van der Waals surface area contributed by atoms with Crippen molar-refractivity contribution in [2.45, 2.75) is 57.9 Å². The summed E-state index contributed by atoms with van der Waals surface area (Å²) in [7, 11) is -3.33. The Morgan fingerprint density at radius 3 is 2.29 bits per heavy atom. The van der Waals surface area contributed by atoms with Crippen LogP contribution in [-0.4, -0.2) is 32.4 Å². The Bertz CT molecular complexity index is 490. The van der Waals surface area contributed by atoms with E-state index in [1.165, 1.54) is 11.3 Å². The molecule has 0 aliphatic heterocycles. The third kappa shape index (κ3) is 5.70. The summed E-state index contributed by atoms with van der Waals surface area (Å²) in [6, 6.07) is 1.81. The Hall–Kier alpha value is -0.430. The largest absolute Gasteiger partial charge is 0.312 e. The molecule has 0 aromatic carbocycles. The van der Waals surface area contributed by atoms with Crippen molar-refractivity contribution in [3.8, 4) is 0 Å². The first kappa shape index (κ1) is 18.6. The van der Waals surface area contributed by atoms with Crippen LogP contribution in [0.4, 0.5) is 0 Å². The van der Waals surface area contributed by atoms with Crippen molar-refractivity contribution in [3.05, 3.63) is 16.3 Å². The van der Waals surface area contributed by atoms with E-state index in [0.717, 1.165) is 43.6 Å². The predicted octanol–water partition coefficient (Wildman–Crippen LogP) is 3.45. The number of sulfonamides is 1. The van der Waals surface area contributed by atoms with Gasteiger partial charge >= 0.3 is 0 Å². The Morgan fingerprint density at radius 2 is 1.76 bits per heavy atom. The fourth-order valence-corrected chi connectivity index (χ4v) is 4.76. The predicted molar refractivity (Wildman–Crippen MR) is 90.3 cm³/mol. The summed E-state index contributed by atoms with van der Waals surface area (Å²) >= 11 is 1.51. The van der Waals surface area contributed by atoms with Crippen LogP contribution in [0.3, 0.4) is 0 Å². The van der Waals surface area contributed by atoms with E-state index in [1.807, 2.05) is 13.0 Å². The Labute approximate surface area is 133 Å². The van der Waals surface area contributed by atoms with Gasteiger partial charge in [-0.15, -0.1) is 11.3 Å². The van der Waals surface area contributed by atoms with E-state index in [0.29, 0.717) is 18.0 Å². The van der Waals surface area contributed by atoms with Crippen molar-refractivity contribution in [1.82, 2.24) is 9.62 Å². The molecule has 6 heteroatoms. The molecule has 0 fully saturated rings. The van der Waals surface area contributed by atoms with Gasteiger partial charge in [0.2, 0.25) is 10.0 Å². The molecule has 4 nitrogen and oxygen atoms in total. The van der Waals surface area contributed by atoms with Gasteiger partial charge in [-0.05, 0) is 25.5 Å². The summed E-state index contributed by atoms with van der Waals surface area (Å²) < 4.78 is 27.1. The van der Waals surface area contributed by atoms with Crippen LogP contribution in [0, 0.1) is 0 Å². The maximum atomic E-state index is 12.7.